The van der Waals surface area contributed by atoms with Gasteiger partial charge in [-0.1, -0.05) is 0 Å². The second kappa shape index (κ2) is 4.20. The van der Waals surface area contributed by atoms with Crippen molar-refractivity contribution < 1.29 is 5.11 Å². The van der Waals surface area contributed by atoms with Gasteiger partial charge in [-0.25, -0.2) is 0 Å². The van der Waals surface area contributed by atoms with Crippen molar-refractivity contribution in [3.8, 4) is 17.3 Å². The molecule has 16 heavy (non-hydrogen) atoms. The highest BCUT2D eigenvalue weighted by Crippen LogP contribution is 2.17. The predicted octanol–water partition coefficient (Wildman–Crippen LogP) is 1.45. The monoisotopic (exact) mass is 329 g/mol. The highest BCUT2D eigenvalue weighted by Gasteiger charge is 2.08. The first-order valence-corrected chi connectivity index (χ1v) is 5.57. The summed E-state index contributed by atoms with van der Waals surface area (Å²) < 4.78 is 0.182. The Kier molecular flexibility index (Phi) is 2.90. The van der Waals surface area contributed by atoms with Gasteiger partial charge < -0.3 is 10.1 Å². The fourth-order valence-electron chi connectivity index (χ4n) is 1.19. The van der Waals surface area contributed by atoms with Crippen molar-refractivity contribution in [3.63, 3.8) is 0 Å². The average Bonchev–Trinajstić information content (AvgIpc) is 2.26. The number of rotatable bonds is 1. The van der Waals surface area contributed by atoms with Gasteiger partial charge in [-0.05, 0) is 41.6 Å². The smallest absolute Gasteiger partial charge is 0.268 e. The van der Waals surface area contributed by atoms with Crippen LogP contribution in [0.3, 0.4) is 0 Å². The number of aromatic hydroxyl groups is 1. The summed E-state index contributed by atoms with van der Waals surface area (Å²) in [6.07, 6.45) is 1.60. The highest BCUT2D eigenvalue weighted by atomic mass is 127. The van der Waals surface area contributed by atoms with Gasteiger partial charge in [0.25, 0.3) is 5.56 Å². The Labute approximate surface area is 105 Å². The van der Waals surface area contributed by atoms with E-state index >= 15 is 0 Å². The Morgan fingerprint density at radius 1 is 1.44 bits per heavy atom. The first-order valence-electron chi connectivity index (χ1n) is 4.50. The van der Waals surface area contributed by atoms with Crippen molar-refractivity contribution in [2.24, 2.45) is 0 Å². The molecule has 0 aromatic carbocycles. The lowest BCUT2D eigenvalue weighted by molar-refractivity contribution is 0.447. The molecule has 2 aromatic rings. The van der Waals surface area contributed by atoms with Crippen LogP contribution < -0.4 is 5.56 Å². The van der Waals surface area contributed by atoms with E-state index in [2.05, 4.69) is 15.0 Å². The molecule has 0 aliphatic carbocycles. The Morgan fingerprint density at radius 3 is 2.75 bits per heavy atom. The van der Waals surface area contributed by atoms with Gasteiger partial charge in [-0.3, -0.25) is 9.78 Å². The summed E-state index contributed by atoms with van der Waals surface area (Å²) in [5.41, 5.74) is 1.18. The number of hydrogen-bond acceptors (Lipinski definition) is 4. The topological polar surface area (TPSA) is 78.9 Å². The van der Waals surface area contributed by atoms with E-state index in [1.807, 2.05) is 13.0 Å². The lowest BCUT2D eigenvalue weighted by Crippen LogP contribution is -2.12. The number of pyridine rings is 1. The van der Waals surface area contributed by atoms with Crippen LogP contribution in [-0.4, -0.2) is 20.1 Å². The first-order chi connectivity index (χ1) is 7.58. The molecule has 0 aliphatic rings. The summed E-state index contributed by atoms with van der Waals surface area (Å²) in [5.74, 6) is 0.0512. The molecule has 2 rings (SSSR count). The quantitative estimate of drug-likeness (QED) is 0.776. The highest BCUT2D eigenvalue weighted by molar-refractivity contribution is 14.1. The van der Waals surface area contributed by atoms with Crippen LogP contribution in [0.1, 0.15) is 5.69 Å². The molecule has 0 radical (unpaired) electrons. The van der Waals surface area contributed by atoms with Gasteiger partial charge in [0.1, 0.15) is 9.39 Å². The number of aromatic nitrogens is 3. The van der Waals surface area contributed by atoms with E-state index in [4.69, 9.17) is 0 Å². The molecule has 0 saturated carbocycles. The SMILES string of the molecule is Cc1ccc(-c2nc(O)c(I)c(=O)[nH]2)cn1. The molecule has 2 aromatic heterocycles. The predicted molar refractivity (Wildman–Crippen MR) is 67.2 cm³/mol. The van der Waals surface area contributed by atoms with Crippen LogP contribution in [0.4, 0.5) is 0 Å². The van der Waals surface area contributed by atoms with Gasteiger partial charge >= 0.3 is 0 Å². The third kappa shape index (κ3) is 2.06. The van der Waals surface area contributed by atoms with Crippen LogP contribution in [0.25, 0.3) is 11.4 Å². The molecule has 0 bridgehead atoms. The van der Waals surface area contributed by atoms with Crippen LogP contribution in [-0.2, 0) is 0 Å². The number of halogens is 1. The van der Waals surface area contributed by atoms with Crippen molar-refractivity contribution in [2.75, 3.05) is 0 Å². The number of nitrogens with one attached hydrogen (secondary N) is 1. The van der Waals surface area contributed by atoms with Crippen molar-refractivity contribution in [1.82, 2.24) is 15.0 Å². The van der Waals surface area contributed by atoms with E-state index in [-0.39, 0.29) is 15.0 Å². The zero-order valence-electron chi connectivity index (χ0n) is 8.36. The zero-order chi connectivity index (χ0) is 11.7. The van der Waals surface area contributed by atoms with E-state index in [9.17, 15) is 9.90 Å². The number of aryl methyl sites for hydroxylation is 1. The fourth-order valence-corrected chi connectivity index (χ4v) is 1.45. The van der Waals surface area contributed by atoms with Gasteiger partial charge in [-0.2, -0.15) is 4.98 Å². The van der Waals surface area contributed by atoms with E-state index in [1.54, 1.807) is 34.9 Å². The third-order valence-corrected chi connectivity index (χ3v) is 3.00. The van der Waals surface area contributed by atoms with E-state index in [1.165, 1.54) is 0 Å². The van der Waals surface area contributed by atoms with Crippen molar-refractivity contribution in [2.45, 2.75) is 6.92 Å². The summed E-state index contributed by atoms with van der Waals surface area (Å²) >= 11 is 1.74. The first kappa shape index (κ1) is 11.1. The van der Waals surface area contributed by atoms with Crippen LogP contribution >= 0.6 is 22.6 Å². The molecular weight excluding hydrogens is 321 g/mol. The molecule has 0 saturated heterocycles. The van der Waals surface area contributed by atoms with Gasteiger partial charge in [0.05, 0.1) is 0 Å². The molecular formula is C10H8IN3O2. The van der Waals surface area contributed by atoms with Gasteiger partial charge in [-0.15, -0.1) is 0 Å². The van der Waals surface area contributed by atoms with Crippen molar-refractivity contribution >= 4 is 22.6 Å². The number of aromatic amines is 1. The van der Waals surface area contributed by atoms with Crippen LogP contribution in [0.15, 0.2) is 23.1 Å². The van der Waals surface area contributed by atoms with Gasteiger partial charge in [0, 0.05) is 17.5 Å². The van der Waals surface area contributed by atoms with Gasteiger partial charge in [0.15, 0.2) is 0 Å². The summed E-state index contributed by atoms with van der Waals surface area (Å²) in [7, 11) is 0. The van der Waals surface area contributed by atoms with E-state index < -0.39 is 0 Å². The standard InChI is InChI=1S/C10H8IN3O2/c1-5-2-3-6(4-12-5)8-13-9(15)7(11)10(16)14-8/h2-4H,1H3,(H2,13,14,15,16). The Bertz CT molecular complexity index is 578. The molecule has 0 aliphatic heterocycles. The van der Waals surface area contributed by atoms with Crippen LogP contribution in [0, 0.1) is 10.5 Å². The second-order valence-electron chi connectivity index (χ2n) is 3.24. The number of nitrogens with zero attached hydrogens (tertiary/aromatic N) is 2. The zero-order valence-corrected chi connectivity index (χ0v) is 10.5. The molecule has 82 valence electrons. The van der Waals surface area contributed by atoms with Gasteiger partial charge in [0.2, 0.25) is 5.88 Å². The summed E-state index contributed by atoms with van der Waals surface area (Å²) in [5, 5.41) is 9.44. The Balaban J connectivity index is 2.57. The number of hydrogen-bond donors (Lipinski definition) is 2. The average molecular weight is 329 g/mol. The molecule has 5 nitrogen and oxygen atoms in total. The Morgan fingerprint density at radius 2 is 2.19 bits per heavy atom. The summed E-state index contributed by atoms with van der Waals surface area (Å²) in [6, 6.07) is 3.59. The maximum Gasteiger partial charge on any atom is 0.268 e. The molecule has 0 unspecified atom stereocenters. The lowest BCUT2D eigenvalue weighted by Gasteiger charge is -2.02. The second-order valence-corrected chi connectivity index (χ2v) is 4.32. The summed E-state index contributed by atoms with van der Waals surface area (Å²) in [4.78, 5) is 22.0. The van der Waals surface area contributed by atoms with Crippen LogP contribution in [0.5, 0.6) is 5.88 Å². The third-order valence-electron chi connectivity index (χ3n) is 2.03. The maximum atomic E-state index is 11.4. The fraction of sp³-hybridized carbons (Fsp3) is 0.100. The molecule has 2 heterocycles. The molecule has 0 atom stereocenters. The maximum absolute atomic E-state index is 11.4. The van der Waals surface area contributed by atoms with Crippen molar-refractivity contribution in [3.05, 3.63) is 37.9 Å². The molecule has 0 spiro atoms. The normalized spacial score (nSPS) is 10.4. The van der Waals surface area contributed by atoms with Crippen molar-refractivity contribution in [1.29, 1.82) is 0 Å². The minimum absolute atomic E-state index is 0.182. The molecule has 6 heteroatoms. The van der Waals surface area contributed by atoms with Crippen LogP contribution in [0.2, 0.25) is 0 Å². The summed E-state index contributed by atoms with van der Waals surface area (Å²) in [6.45, 7) is 1.87. The molecule has 0 amide bonds. The Hall–Kier alpha value is -1.44. The van der Waals surface area contributed by atoms with E-state index in [0.717, 1.165) is 5.69 Å². The van der Waals surface area contributed by atoms with E-state index in [0.29, 0.717) is 11.4 Å². The number of H-pyrrole nitrogens is 1. The molecule has 0 fully saturated rings. The lowest BCUT2D eigenvalue weighted by atomic mass is 10.2. The minimum Gasteiger partial charge on any atom is -0.492 e. The largest absolute Gasteiger partial charge is 0.492 e. The molecule has 2 N–H and O–H groups in total. The minimum atomic E-state index is -0.358.